The summed E-state index contributed by atoms with van der Waals surface area (Å²) in [5.41, 5.74) is 2.59. The van der Waals surface area contributed by atoms with Crippen LogP contribution in [-0.2, 0) is 0 Å². The van der Waals surface area contributed by atoms with Gasteiger partial charge in [-0.25, -0.2) is 0 Å². The van der Waals surface area contributed by atoms with Crippen LogP contribution < -0.4 is 0 Å². The van der Waals surface area contributed by atoms with Gasteiger partial charge in [0.1, 0.15) is 0 Å². The maximum Gasteiger partial charge on any atom is 0.0811 e. The van der Waals surface area contributed by atoms with Crippen molar-refractivity contribution in [2.24, 2.45) is 23.2 Å². The monoisotopic (exact) mass is 432 g/mol. The normalized spacial score (nSPS) is 39.5. The summed E-state index contributed by atoms with van der Waals surface area (Å²) in [5, 5.41) is 40.9. The second-order valence-corrected chi connectivity index (χ2v) is 11.1. The Hall–Kier alpha value is -0.940. The fraction of sp³-hybridized carbons (Fsp3) is 0.778. The van der Waals surface area contributed by atoms with E-state index < -0.39 is 17.8 Å². The van der Waals surface area contributed by atoms with Gasteiger partial charge in [-0.2, -0.15) is 0 Å². The van der Waals surface area contributed by atoms with E-state index in [1.54, 1.807) is 0 Å². The second-order valence-electron chi connectivity index (χ2n) is 11.1. The smallest absolute Gasteiger partial charge is 0.0811 e. The highest BCUT2D eigenvalue weighted by atomic mass is 16.3. The summed E-state index contributed by atoms with van der Waals surface area (Å²) in [7, 11) is 0. The van der Waals surface area contributed by atoms with E-state index in [0.717, 1.165) is 62.5 Å². The van der Waals surface area contributed by atoms with Gasteiger partial charge in [-0.05, 0) is 92.6 Å². The van der Waals surface area contributed by atoms with Crippen molar-refractivity contribution in [2.75, 3.05) is 6.61 Å². The first-order valence-corrected chi connectivity index (χ1v) is 12.4. The third kappa shape index (κ3) is 5.35. The molecule has 31 heavy (non-hydrogen) atoms. The Morgan fingerprint density at radius 3 is 2.71 bits per heavy atom. The molecule has 7 atom stereocenters. The van der Waals surface area contributed by atoms with Gasteiger partial charge in [0.2, 0.25) is 0 Å². The number of hydrogen-bond acceptors (Lipinski definition) is 4. The number of aliphatic hydroxyl groups is 4. The SMILES string of the molecule is C=C1/C(=C\C=C2/CCC[C@@]3(C)[C@H]2CC[C@@H]3[C@@](C)(O)CCCC(C)CO)C[C@@H](O)C[C@@H]1O. The van der Waals surface area contributed by atoms with Crippen molar-refractivity contribution in [1.82, 2.24) is 0 Å². The van der Waals surface area contributed by atoms with Crippen molar-refractivity contribution >= 4 is 0 Å². The molecular weight excluding hydrogens is 388 g/mol. The van der Waals surface area contributed by atoms with Crippen molar-refractivity contribution in [1.29, 1.82) is 0 Å². The van der Waals surface area contributed by atoms with Gasteiger partial charge >= 0.3 is 0 Å². The molecule has 0 spiro atoms. The molecule has 176 valence electrons. The summed E-state index contributed by atoms with van der Waals surface area (Å²) < 4.78 is 0. The number of hydrogen-bond donors (Lipinski definition) is 4. The summed E-state index contributed by atoms with van der Waals surface area (Å²) in [4.78, 5) is 0. The summed E-state index contributed by atoms with van der Waals surface area (Å²) in [6.45, 7) is 10.7. The molecule has 0 amide bonds. The summed E-state index contributed by atoms with van der Waals surface area (Å²) in [6.07, 6.45) is 12.4. The average Bonchev–Trinajstić information content (AvgIpc) is 3.07. The van der Waals surface area contributed by atoms with Gasteiger partial charge < -0.3 is 20.4 Å². The van der Waals surface area contributed by atoms with Crippen molar-refractivity contribution in [3.05, 3.63) is 35.5 Å². The maximum absolute atomic E-state index is 11.5. The lowest BCUT2D eigenvalue weighted by atomic mass is 9.59. The van der Waals surface area contributed by atoms with Crippen molar-refractivity contribution in [3.63, 3.8) is 0 Å². The van der Waals surface area contributed by atoms with E-state index in [1.165, 1.54) is 5.57 Å². The predicted molar refractivity (Wildman–Crippen MR) is 125 cm³/mol. The fourth-order valence-electron chi connectivity index (χ4n) is 6.80. The fourth-order valence-corrected chi connectivity index (χ4v) is 6.80. The van der Waals surface area contributed by atoms with Gasteiger partial charge in [0, 0.05) is 13.0 Å². The Balaban J connectivity index is 1.74. The molecule has 0 aromatic heterocycles. The largest absolute Gasteiger partial charge is 0.396 e. The van der Waals surface area contributed by atoms with Gasteiger partial charge in [-0.3, -0.25) is 0 Å². The molecule has 4 heteroatoms. The van der Waals surface area contributed by atoms with E-state index in [4.69, 9.17) is 0 Å². The Morgan fingerprint density at radius 1 is 1.26 bits per heavy atom. The Labute approximate surface area is 188 Å². The van der Waals surface area contributed by atoms with E-state index in [-0.39, 0.29) is 12.0 Å². The van der Waals surface area contributed by atoms with Crippen LogP contribution in [0.3, 0.4) is 0 Å². The molecule has 1 unspecified atom stereocenters. The van der Waals surface area contributed by atoms with E-state index in [9.17, 15) is 20.4 Å². The highest BCUT2D eigenvalue weighted by Crippen LogP contribution is 2.60. The predicted octanol–water partition coefficient (Wildman–Crippen LogP) is 4.68. The summed E-state index contributed by atoms with van der Waals surface area (Å²) >= 11 is 0. The zero-order valence-electron chi connectivity index (χ0n) is 19.8. The molecule has 0 radical (unpaired) electrons. The molecule has 0 heterocycles. The van der Waals surface area contributed by atoms with E-state index in [0.29, 0.717) is 30.6 Å². The van der Waals surface area contributed by atoms with Gasteiger partial charge in [-0.1, -0.05) is 44.6 Å². The average molecular weight is 433 g/mol. The molecule has 3 rings (SSSR count). The molecular formula is C27H44O4. The molecule has 3 aliphatic carbocycles. The van der Waals surface area contributed by atoms with Crippen molar-refractivity contribution < 1.29 is 20.4 Å². The number of allylic oxidation sites excluding steroid dienone is 3. The topological polar surface area (TPSA) is 80.9 Å². The quantitative estimate of drug-likeness (QED) is 0.471. The number of fused-ring (bicyclic) bond motifs is 1. The molecule has 3 saturated carbocycles. The highest BCUT2D eigenvalue weighted by molar-refractivity contribution is 5.38. The Kier molecular flexibility index (Phi) is 7.89. The van der Waals surface area contributed by atoms with Crippen LogP contribution in [0.2, 0.25) is 0 Å². The van der Waals surface area contributed by atoms with Crippen LogP contribution in [0, 0.1) is 23.2 Å². The molecule has 0 aromatic carbocycles. The van der Waals surface area contributed by atoms with Gasteiger partial charge in [0.25, 0.3) is 0 Å². The standard InChI is InChI=1S/C27H44O4/c1-18(17-28)7-5-14-27(4,31)25-12-11-23-20(8-6-13-26(23,25)3)9-10-21-15-22(29)16-24(30)19(21)2/h9-10,18,22-25,28-31H,2,5-8,11-17H2,1,3-4H3/b20-9+,21-10-/t18?,22-,23+,24+,25+,26+,27+/m1/s1. The highest BCUT2D eigenvalue weighted by Gasteiger charge is 2.54. The third-order valence-electron chi connectivity index (χ3n) is 8.67. The lowest BCUT2D eigenvalue weighted by Crippen LogP contribution is -2.45. The minimum atomic E-state index is -0.675. The minimum absolute atomic E-state index is 0.108. The zero-order valence-corrected chi connectivity index (χ0v) is 19.8. The number of aliphatic hydroxyl groups excluding tert-OH is 3. The second kappa shape index (κ2) is 9.91. The molecule has 0 aliphatic heterocycles. The van der Waals surface area contributed by atoms with Crippen molar-refractivity contribution in [3.8, 4) is 0 Å². The van der Waals surface area contributed by atoms with Gasteiger partial charge in [0.15, 0.2) is 0 Å². The van der Waals surface area contributed by atoms with Gasteiger partial charge in [0.05, 0.1) is 17.8 Å². The van der Waals surface area contributed by atoms with Crippen LogP contribution >= 0.6 is 0 Å². The first kappa shape index (κ1) is 24.7. The molecule has 0 aromatic rings. The Morgan fingerprint density at radius 2 is 2.00 bits per heavy atom. The number of rotatable bonds is 7. The van der Waals surface area contributed by atoms with Crippen LogP contribution in [0.5, 0.6) is 0 Å². The molecule has 3 fully saturated rings. The molecule has 4 N–H and O–H groups in total. The van der Waals surface area contributed by atoms with Crippen LogP contribution in [0.1, 0.15) is 85.0 Å². The summed E-state index contributed by atoms with van der Waals surface area (Å²) in [6, 6.07) is 0. The third-order valence-corrected chi connectivity index (χ3v) is 8.67. The molecule has 0 saturated heterocycles. The minimum Gasteiger partial charge on any atom is -0.396 e. The van der Waals surface area contributed by atoms with Crippen LogP contribution in [0.25, 0.3) is 0 Å². The lowest BCUT2D eigenvalue weighted by molar-refractivity contribution is -0.0660. The zero-order chi connectivity index (χ0) is 22.8. The van der Waals surface area contributed by atoms with Crippen LogP contribution in [-0.4, -0.2) is 44.8 Å². The van der Waals surface area contributed by atoms with Crippen LogP contribution in [0.4, 0.5) is 0 Å². The van der Waals surface area contributed by atoms with E-state index in [1.807, 2.05) is 6.92 Å². The maximum atomic E-state index is 11.5. The molecule has 0 bridgehead atoms. The van der Waals surface area contributed by atoms with Gasteiger partial charge in [-0.15, -0.1) is 0 Å². The Bertz CT molecular complexity index is 706. The van der Waals surface area contributed by atoms with Crippen molar-refractivity contribution in [2.45, 2.75) is 103 Å². The van der Waals surface area contributed by atoms with E-state index in [2.05, 4.69) is 32.6 Å². The lowest BCUT2D eigenvalue weighted by Gasteiger charge is -2.47. The first-order valence-electron chi connectivity index (χ1n) is 12.4. The molecule has 4 nitrogen and oxygen atoms in total. The molecule has 3 aliphatic rings. The first-order chi connectivity index (χ1) is 14.6. The van der Waals surface area contributed by atoms with Crippen LogP contribution in [0.15, 0.2) is 35.5 Å². The van der Waals surface area contributed by atoms with E-state index >= 15 is 0 Å². The summed E-state index contributed by atoms with van der Waals surface area (Å²) in [5.74, 6) is 1.07.